The lowest BCUT2D eigenvalue weighted by molar-refractivity contribution is 0.541. The summed E-state index contributed by atoms with van der Waals surface area (Å²) in [6.45, 7) is 1.88. The molecule has 1 fully saturated rings. The Balaban J connectivity index is 1.56. The lowest BCUT2D eigenvalue weighted by atomic mass is 10.1. The summed E-state index contributed by atoms with van der Waals surface area (Å²) in [5.41, 5.74) is 0. The second kappa shape index (κ2) is 4.37. The number of hydrogen-bond donors (Lipinski definition) is 1. The fourth-order valence-corrected chi connectivity index (χ4v) is 1.85. The Morgan fingerprint density at radius 2 is 1.76 bits per heavy atom. The van der Waals surface area contributed by atoms with E-state index in [1.165, 1.54) is 0 Å². The minimum Gasteiger partial charge on any atom is -0.352 e. The molecule has 5 heteroatoms. The highest BCUT2D eigenvalue weighted by Crippen LogP contribution is 2.19. The lowest BCUT2D eigenvalue weighted by Crippen LogP contribution is -2.55. The fraction of sp³-hybridized carbons (Fsp3) is 0.250. The van der Waals surface area contributed by atoms with E-state index >= 15 is 0 Å². The highest BCUT2D eigenvalue weighted by atomic mass is 15.3. The van der Waals surface area contributed by atoms with Crippen LogP contribution >= 0.6 is 0 Å². The van der Waals surface area contributed by atoms with E-state index in [1.807, 2.05) is 30.5 Å². The SMILES string of the molecule is c1ccc(N2CC(Nc3ncccn3)C2)nc1. The summed E-state index contributed by atoms with van der Waals surface area (Å²) in [7, 11) is 0. The van der Waals surface area contributed by atoms with Crippen molar-refractivity contribution in [1.29, 1.82) is 0 Å². The second-order valence-electron chi connectivity index (χ2n) is 4.01. The predicted octanol–water partition coefficient (Wildman–Crippen LogP) is 1.17. The Hall–Kier alpha value is -2.17. The van der Waals surface area contributed by atoms with Gasteiger partial charge in [-0.05, 0) is 18.2 Å². The van der Waals surface area contributed by atoms with Crippen molar-refractivity contribution in [3.05, 3.63) is 42.9 Å². The van der Waals surface area contributed by atoms with Crippen molar-refractivity contribution in [2.75, 3.05) is 23.3 Å². The van der Waals surface area contributed by atoms with Crippen LogP contribution in [0, 0.1) is 0 Å². The first-order valence-corrected chi connectivity index (χ1v) is 5.61. The molecule has 0 aromatic carbocycles. The van der Waals surface area contributed by atoms with E-state index in [1.54, 1.807) is 12.4 Å². The average molecular weight is 227 g/mol. The van der Waals surface area contributed by atoms with E-state index in [0.717, 1.165) is 18.9 Å². The highest BCUT2D eigenvalue weighted by molar-refractivity contribution is 5.44. The first kappa shape index (κ1) is 10.0. The molecule has 0 aliphatic carbocycles. The number of anilines is 2. The van der Waals surface area contributed by atoms with Crippen LogP contribution < -0.4 is 10.2 Å². The van der Waals surface area contributed by atoms with Gasteiger partial charge in [-0.15, -0.1) is 0 Å². The first-order chi connectivity index (χ1) is 8.42. The van der Waals surface area contributed by atoms with Crippen LogP contribution in [-0.2, 0) is 0 Å². The van der Waals surface area contributed by atoms with Crippen LogP contribution in [0.1, 0.15) is 0 Å². The molecule has 0 bridgehead atoms. The third-order valence-corrected chi connectivity index (χ3v) is 2.75. The van der Waals surface area contributed by atoms with Gasteiger partial charge < -0.3 is 10.2 Å². The number of nitrogens with one attached hydrogen (secondary N) is 1. The molecule has 0 atom stereocenters. The Kier molecular flexibility index (Phi) is 2.57. The molecule has 1 aliphatic heterocycles. The summed E-state index contributed by atoms with van der Waals surface area (Å²) >= 11 is 0. The minimum atomic E-state index is 0.402. The van der Waals surface area contributed by atoms with E-state index in [2.05, 4.69) is 25.2 Å². The molecular weight excluding hydrogens is 214 g/mol. The van der Waals surface area contributed by atoms with Gasteiger partial charge in [-0.1, -0.05) is 6.07 Å². The van der Waals surface area contributed by atoms with Gasteiger partial charge in [0.25, 0.3) is 0 Å². The van der Waals surface area contributed by atoms with E-state index < -0.39 is 0 Å². The number of hydrogen-bond acceptors (Lipinski definition) is 5. The van der Waals surface area contributed by atoms with Gasteiger partial charge in [0.2, 0.25) is 5.95 Å². The number of aromatic nitrogens is 3. The van der Waals surface area contributed by atoms with Gasteiger partial charge in [-0.3, -0.25) is 0 Å². The summed E-state index contributed by atoms with van der Waals surface area (Å²) in [6, 6.07) is 8.17. The van der Waals surface area contributed by atoms with Gasteiger partial charge in [-0.2, -0.15) is 0 Å². The quantitative estimate of drug-likeness (QED) is 0.853. The lowest BCUT2D eigenvalue weighted by Gasteiger charge is -2.40. The zero-order valence-corrected chi connectivity index (χ0v) is 9.32. The standard InChI is InChI=1S/C12H13N5/c1-2-5-13-11(4-1)17-8-10(9-17)16-12-14-6-3-7-15-12/h1-7,10H,8-9H2,(H,14,15,16). The fourth-order valence-electron chi connectivity index (χ4n) is 1.85. The van der Waals surface area contributed by atoms with Gasteiger partial charge in [0.15, 0.2) is 0 Å². The summed E-state index contributed by atoms with van der Waals surface area (Å²) in [6.07, 6.45) is 5.30. The molecule has 1 N–H and O–H groups in total. The van der Waals surface area contributed by atoms with Gasteiger partial charge in [0.1, 0.15) is 5.82 Å². The van der Waals surface area contributed by atoms with E-state index in [9.17, 15) is 0 Å². The first-order valence-electron chi connectivity index (χ1n) is 5.61. The average Bonchev–Trinajstić information content (AvgIpc) is 2.36. The van der Waals surface area contributed by atoms with Crippen molar-refractivity contribution in [2.45, 2.75) is 6.04 Å². The molecule has 17 heavy (non-hydrogen) atoms. The van der Waals surface area contributed by atoms with Crippen molar-refractivity contribution in [2.24, 2.45) is 0 Å². The topological polar surface area (TPSA) is 53.9 Å². The molecule has 1 saturated heterocycles. The van der Waals surface area contributed by atoms with E-state index in [4.69, 9.17) is 0 Å². The van der Waals surface area contributed by atoms with Gasteiger partial charge in [0, 0.05) is 31.7 Å². The normalized spacial score (nSPS) is 15.4. The van der Waals surface area contributed by atoms with Crippen molar-refractivity contribution >= 4 is 11.8 Å². The summed E-state index contributed by atoms with van der Waals surface area (Å²) in [4.78, 5) is 14.8. The third kappa shape index (κ3) is 2.18. The Morgan fingerprint density at radius 1 is 1.00 bits per heavy atom. The summed E-state index contributed by atoms with van der Waals surface area (Å²) < 4.78 is 0. The maximum atomic E-state index is 4.31. The Labute approximate surface area is 99.5 Å². The molecule has 3 heterocycles. The van der Waals surface area contributed by atoms with Crippen LogP contribution in [0.25, 0.3) is 0 Å². The van der Waals surface area contributed by atoms with Gasteiger partial charge in [-0.25, -0.2) is 15.0 Å². The molecule has 3 rings (SSSR count). The van der Waals surface area contributed by atoms with E-state index in [0.29, 0.717) is 12.0 Å². The van der Waals surface area contributed by atoms with Crippen LogP contribution in [0.4, 0.5) is 11.8 Å². The van der Waals surface area contributed by atoms with Crippen LogP contribution in [-0.4, -0.2) is 34.1 Å². The second-order valence-corrected chi connectivity index (χ2v) is 4.01. The highest BCUT2D eigenvalue weighted by Gasteiger charge is 2.27. The van der Waals surface area contributed by atoms with Crippen LogP contribution in [0.3, 0.4) is 0 Å². The molecule has 2 aromatic rings. The monoisotopic (exact) mass is 227 g/mol. The molecule has 86 valence electrons. The third-order valence-electron chi connectivity index (χ3n) is 2.75. The largest absolute Gasteiger partial charge is 0.352 e. The van der Waals surface area contributed by atoms with Crippen LogP contribution in [0.5, 0.6) is 0 Å². The summed E-state index contributed by atoms with van der Waals surface area (Å²) in [5, 5.41) is 3.29. The molecule has 1 aliphatic rings. The van der Waals surface area contributed by atoms with Crippen molar-refractivity contribution in [1.82, 2.24) is 15.0 Å². The molecule has 2 aromatic heterocycles. The number of pyridine rings is 1. The molecule has 0 spiro atoms. The van der Waals surface area contributed by atoms with E-state index in [-0.39, 0.29) is 0 Å². The number of nitrogens with zero attached hydrogens (tertiary/aromatic N) is 4. The molecule has 0 radical (unpaired) electrons. The Bertz CT molecular complexity index is 467. The minimum absolute atomic E-state index is 0.402. The molecular formula is C12H13N5. The number of rotatable bonds is 3. The Morgan fingerprint density at radius 3 is 2.47 bits per heavy atom. The van der Waals surface area contributed by atoms with Crippen LogP contribution in [0.2, 0.25) is 0 Å². The maximum absolute atomic E-state index is 4.31. The molecule has 0 saturated carbocycles. The zero-order chi connectivity index (χ0) is 11.5. The van der Waals surface area contributed by atoms with Crippen molar-refractivity contribution < 1.29 is 0 Å². The van der Waals surface area contributed by atoms with Gasteiger partial charge in [0.05, 0.1) is 6.04 Å². The molecule has 5 nitrogen and oxygen atoms in total. The molecule has 0 unspecified atom stereocenters. The smallest absolute Gasteiger partial charge is 0.222 e. The zero-order valence-electron chi connectivity index (χ0n) is 9.32. The van der Waals surface area contributed by atoms with Crippen molar-refractivity contribution in [3.63, 3.8) is 0 Å². The summed E-state index contributed by atoms with van der Waals surface area (Å²) in [5.74, 6) is 1.72. The van der Waals surface area contributed by atoms with Crippen molar-refractivity contribution in [3.8, 4) is 0 Å². The predicted molar refractivity (Wildman–Crippen MR) is 65.9 cm³/mol. The van der Waals surface area contributed by atoms with Crippen LogP contribution in [0.15, 0.2) is 42.9 Å². The maximum Gasteiger partial charge on any atom is 0.222 e. The van der Waals surface area contributed by atoms with Gasteiger partial charge >= 0.3 is 0 Å². The molecule has 0 amide bonds.